The Balaban J connectivity index is 1.60. The number of hydrogen-bond donors (Lipinski definition) is 1. The van der Waals surface area contributed by atoms with Crippen LogP contribution in [-0.4, -0.2) is 28.8 Å². The van der Waals surface area contributed by atoms with E-state index in [4.69, 9.17) is 0 Å². The molecule has 2 bridgehead atoms. The minimum Gasteiger partial charge on any atom is -0.331 e. The molecule has 4 rings (SSSR count). The molecule has 2 fully saturated rings. The van der Waals surface area contributed by atoms with Gasteiger partial charge in [0.1, 0.15) is 5.82 Å². The molecule has 32 heavy (non-hydrogen) atoms. The SMILES string of the molecule is O=C(Nc1cc(F)c(F)c(F)c1)c1ccc(F)c(C(F)(F)C(=O)N2C3CCC[C@@H]2CC3)c1. The van der Waals surface area contributed by atoms with Crippen molar-refractivity contribution < 1.29 is 35.9 Å². The van der Waals surface area contributed by atoms with E-state index in [1.54, 1.807) is 0 Å². The first kappa shape index (κ1) is 22.2. The predicted octanol–water partition coefficient (Wildman–Crippen LogP) is 5.13. The van der Waals surface area contributed by atoms with Crippen LogP contribution in [0.3, 0.4) is 0 Å². The summed E-state index contributed by atoms with van der Waals surface area (Å²) in [5.41, 5.74) is -2.21. The lowest BCUT2D eigenvalue weighted by Crippen LogP contribution is -2.50. The van der Waals surface area contributed by atoms with E-state index in [-0.39, 0.29) is 12.1 Å². The minimum atomic E-state index is -4.22. The van der Waals surface area contributed by atoms with E-state index in [2.05, 4.69) is 0 Å². The highest BCUT2D eigenvalue weighted by atomic mass is 19.3. The van der Waals surface area contributed by atoms with Crippen LogP contribution in [-0.2, 0) is 10.7 Å². The van der Waals surface area contributed by atoms with Crippen LogP contribution in [0.15, 0.2) is 30.3 Å². The first-order valence-electron chi connectivity index (χ1n) is 10.1. The maximum atomic E-state index is 15.1. The molecule has 10 heteroatoms. The average molecular weight is 456 g/mol. The summed E-state index contributed by atoms with van der Waals surface area (Å²) in [4.78, 5) is 26.2. The zero-order valence-corrected chi connectivity index (χ0v) is 16.6. The van der Waals surface area contributed by atoms with Crippen molar-refractivity contribution in [2.45, 2.75) is 50.1 Å². The number of alkyl halides is 2. The fourth-order valence-electron chi connectivity index (χ4n) is 4.46. The number of hydrogen-bond acceptors (Lipinski definition) is 2. The molecule has 0 spiro atoms. The summed E-state index contributed by atoms with van der Waals surface area (Å²) < 4.78 is 84.2. The second-order valence-electron chi connectivity index (χ2n) is 8.01. The molecule has 2 heterocycles. The molecule has 4 nitrogen and oxygen atoms in total. The van der Waals surface area contributed by atoms with Crippen molar-refractivity contribution in [3.8, 4) is 0 Å². The Labute approximate surface area is 179 Å². The Hall–Kier alpha value is -3.04. The molecule has 0 saturated carbocycles. The van der Waals surface area contributed by atoms with Crippen LogP contribution < -0.4 is 5.32 Å². The summed E-state index contributed by atoms with van der Waals surface area (Å²) in [7, 11) is 0. The van der Waals surface area contributed by atoms with Gasteiger partial charge in [0.2, 0.25) is 0 Å². The zero-order valence-electron chi connectivity index (χ0n) is 16.6. The zero-order chi connectivity index (χ0) is 23.2. The van der Waals surface area contributed by atoms with Crippen LogP contribution in [0, 0.1) is 23.3 Å². The van der Waals surface area contributed by atoms with E-state index in [0.29, 0.717) is 49.9 Å². The molecule has 1 N–H and O–H groups in total. The third-order valence-corrected chi connectivity index (χ3v) is 6.01. The monoisotopic (exact) mass is 456 g/mol. The van der Waals surface area contributed by atoms with Gasteiger partial charge in [-0.2, -0.15) is 8.78 Å². The van der Waals surface area contributed by atoms with E-state index in [9.17, 15) is 27.2 Å². The summed E-state index contributed by atoms with van der Waals surface area (Å²) in [5.74, 6) is -13.1. The quantitative estimate of drug-likeness (QED) is 0.512. The Morgan fingerprint density at radius 2 is 1.47 bits per heavy atom. The molecule has 0 radical (unpaired) electrons. The lowest BCUT2D eigenvalue weighted by molar-refractivity contribution is -0.164. The van der Waals surface area contributed by atoms with Crippen LogP contribution in [0.5, 0.6) is 0 Å². The largest absolute Gasteiger partial charge is 0.352 e. The van der Waals surface area contributed by atoms with Gasteiger partial charge in [-0.15, -0.1) is 0 Å². The number of nitrogens with one attached hydrogen (secondary N) is 1. The van der Waals surface area contributed by atoms with E-state index in [1.165, 1.54) is 0 Å². The van der Waals surface area contributed by atoms with Crippen molar-refractivity contribution in [1.29, 1.82) is 0 Å². The Morgan fingerprint density at radius 3 is 2.06 bits per heavy atom. The summed E-state index contributed by atoms with van der Waals surface area (Å²) in [6, 6.07) is 2.41. The molecular formula is C22H18F6N2O2. The average Bonchev–Trinajstić information content (AvgIpc) is 2.99. The van der Waals surface area contributed by atoms with Gasteiger partial charge in [-0.3, -0.25) is 9.59 Å². The number of carbonyl (C=O) groups excluding carboxylic acids is 2. The topological polar surface area (TPSA) is 49.4 Å². The summed E-state index contributed by atoms with van der Waals surface area (Å²) >= 11 is 0. The van der Waals surface area contributed by atoms with Crippen LogP contribution in [0.4, 0.5) is 32.0 Å². The molecule has 2 amide bonds. The van der Waals surface area contributed by atoms with Gasteiger partial charge in [0.05, 0.1) is 5.56 Å². The molecule has 2 saturated heterocycles. The number of benzene rings is 2. The molecule has 170 valence electrons. The number of nitrogens with zero attached hydrogens (tertiary/aromatic N) is 1. The minimum absolute atomic E-state index is 0.315. The summed E-state index contributed by atoms with van der Waals surface area (Å²) in [6.45, 7) is 0. The fourth-order valence-corrected chi connectivity index (χ4v) is 4.46. The van der Waals surface area contributed by atoms with Crippen molar-refractivity contribution in [3.63, 3.8) is 0 Å². The van der Waals surface area contributed by atoms with Crippen molar-refractivity contribution >= 4 is 17.5 Å². The maximum Gasteiger partial charge on any atom is 0.352 e. The highest BCUT2D eigenvalue weighted by Crippen LogP contribution is 2.41. The lowest BCUT2D eigenvalue weighted by atomic mass is 9.98. The standard InChI is InChI=1S/C22H18F6N2O2/c23-16-7-4-11(20(31)29-12-9-17(24)19(26)18(25)10-12)8-15(16)22(27,28)21(32)30-13-2-1-3-14(30)6-5-13/h4,7-10,13-14H,1-3,5-6H2,(H,29,31)/t13-,14?/m1/s1. The number of halogens is 6. The highest BCUT2D eigenvalue weighted by Gasteiger charge is 2.52. The van der Waals surface area contributed by atoms with Crippen LogP contribution >= 0.6 is 0 Å². The second kappa shape index (κ2) is 8.14. The number of piperidine rings is 1. The van der Waals surface area contributed by atoms with Gasteiger partial charge in [0.15, 0.2) is 17.5 Å². The molecule has 2 aliphatic heterocycles. The van der Waals surface area contributed by atoms with E-state index >= 15 is 8.78 Å². The summed E-state index contributed by atoms with van der Waals surface area (Å²) in [5, 5.41) is 2.03. The Bertz CT molecular complexity index is 1050. The lowest BCUT2D eigenvalue weighted by Gasteiger charge is -2.37. The van der Waals surface area contributed by atoms with Crippen molar-refractivity contribution in [2.24, 2.45) is 0 Å². The van der Waals surface area contributed by atoms with Gasteiger partial charge >= 0.3 is 5.92 Å². The normalized spacial score (nSPS) is 20.4. The molecule has 2 aromatic carbocycles. The van der Waals surface area contributed by atoms with Crippen LogP contribution in [0.25, 0.3) is 0 Å². The van der Waals surface area contributed by atoms with Gasteiger partial charge < -0.3 is 10.2 Å². The smallest absolute Gasteiger partial charge is 0.331 e. The van der Waals surface area contributed by atoms with E-state index in [0.717, 1.165) is 17.4 Å². The van der Waals surface area contributed by atoms with Crippen molar-refractivity contribution in [1.82, 2.24) is 4.90 Å². The first-order chi connectivity index (χ1) is 15.1. The maximum absolute atomic E-state index is 15.1. The molecule has 0 aromatic heterocycles. The summed E-state index contributed by atoms with van der Waals surface area (Å²) in [6.07, 6.45) is 3.27. The Kier molecular flexibility index (Phi) is 5.64. The first-order valence-corrected chi connectivity index (χ1v) is 10.1. The molecule has 1 unspecified atom stereocenters. The van der Waals surface area contributed by atoms with Gasteiger partial charge in [-0.1, -0.05) is 0 Å². The van der Waals surface area contributed by atoms with Gasteiger partial charge in [-0.25, -0.2) is 17.6 Å². The second-order valence-corrected chi connectivity index (χ2v) is 8.01. The highest BCUT2D eigenvalue weighted by molar-refractivity contribution is 6.04. The molecule has 2 aromatic rings. The van der Waals surface area contributed by atoms with Crippen LogP contribution in [0.1, 0.15) is 48.0 Å². The molecular weight excluding hydrogens is 438 g/mol. The third kappa shape index (κ3) is 3.82. The van der Waals surface area contributed by atoms with Gasteiger partial charge in [0.25, 0.3) is 11.8 Å². The number of rotatable bonds is 4. The van der Waals surface area contributed by atoms with Gasteiger partial charge in [0, 0.05) is 35.5 Å². The number of carbonyl (C=O) groups is 2. The van der Waals surface area contributed by atoms with Crippen molar-refractivity contribution in [2.75, 3.05) is 5.32 Å². The van der Waals surface area contributed by atoms with Crippen LogP contribution in [0.2, 0.25) is 0 Å². The third-order valence-electron chi connectivity index (χ3n) is 6.01. The van der Waals surface area contributed by atoms with Gasteiger partial charge in [-0.05, 0) is 50.3 Å². The number of fused-ring (bicyclic) bond motifs is 2. The molecule has 2 aliphatic rings. The predicted molar refractivity (Wildman–Crippen MR) is 102 cm³/mol. The molecule has 2 atom stereocenters. The number of amides is 2. The van der Waals surface area contributed by atoms with Crippen molar-refractivity contribution in [3.05, 3.63) is 64.7 Å². The van der Waals surface area contributed by atoms with E-state index < -0.39 is 57.8 Å². The number of anilines is 1. The van der Waals surface area contributed by atoms with E-state index in [1.807, 2.05) is 5.32 Å². The Morgan fingerprint density at radius 1 is 0.875 bits per heavy atom. The fraction of sp³-hybridized carbons (Fsp3) is 0.364. The molecule has 0 aliphatic carbocycles.